The van der Waals surface area contributed by atoms with Crippen LogP contribution in [-0.2, 0) is 10.5 Å². The van der Waals surface area contributed by atoms with E-state index in [9.17, 15) is 4.79 Å². The highest BCUT2D eigenvalue weighted by Crippen LogP contribution is 2.24. The van der Waals surface area contributed by atoms with Crippen LogP contribution in [0.2, 0.25) is 0 Å². The van der Waals surface area contributed by atoms with Crippen LogP contribution < -0.4 is 0 Å². The summed E-state index contributed by atoms with van der Waals surface area (Å²) in [7, 11) is 0. The van der Waals surface area contributed by atoms with Gasteiger partial charge in [0.2, 0.25) is 5.91 Å². The van der Waals surface area contributed by atoms with Gasteiger partial charge in [-0.3, -0.25) is 4.79 Å². The van der Waals surface area contributed by atoms with Crippen LogP contribution in [-0.4, -0.2) is 29.1 Å². The Hall–Kier alpha value is -0.960. The normalized spacial score (nSPS) is 15.9. The number of hydrogen-bond donors (Lipinski definition) is 0. The van der Waals surface area contributed by atoms with Gasteiger partial charge in [0, 0.05) is 18.3 Å². The Labute approximate surface area is 133 Å². The predicted molar refractivity (Wildman–Crippen MR) is 91.6 cm³/mol. The van der Waals surface area contributed by atoms with Gasteiger partial charge < -0.3 is 4.90 Å². The van der Waals surface area contributed by atoms with Gasteiger partial charge in [0.1, 0.15) is 0 Å². The Morgan fingerprint density at radius 1 is 1.24 bits per heavy atom. The minimum atomic E-state index is 0.322. The lowest BCUT2D eigenvalue weighted by Gasteiger charge is -2.33. The largest absolute Gasteiger partial charge is 0.339 e. The molecule has 0 N–H and O–H groups in total. The number of hydrogen-bond acceptors (Lipinski definition) is 2. The van der Waals surface area contributed by atoms with E-state index >= 15 is 0 Å². The third kappa shape index (κ3) is 4.77. The van der Waals surface area contributed by atoms with Gasteiger partial charge in [-0.2, -0.15) is 0 Å². The van der Waals surface area contributed by atoms with Crippen LogP contribution in [0.15, 0.2) is 24.3 Å². The topological polar surface area (TPSA) is 20.3 Å². The maximum Gasteiger partial charge on any atom is 0.232 e. The van der Waals surface area contributed by atoms with Gasteiger partial charge in [-0.25, -0.2) is 0 Å². The zero-order valence-electron chi connectivity index (χ0n) is 13.3. The molecule has 3 heteroatoms. The molecule has 0 heterocycles. The molecule has 21 heavy (non-hydrogen) atoms. The number of amides is 1. The lowest BCUT2D eigenvalue weighted by atomic mass is 9.94. The molecule has 1 aliphatic carbocycles. The van der Waals surface area contributed by atoms with Crippen molar-refractivity contribution in [1.82, 2.24) is 4.90 Å². The second kappa shape index (κ2) is 8.47. The minimum absolute atomic E-state index is 0.322. The summed E-state index contributed by atoms with van der Waals surface area (Å²) < 4.78 is 0. The molecule has 2 nitrogen and oxygen atoms in total. The van der Waals surface area contributed by atoms with Gasteiger partial charge in [-0.05, 0) is 37.8 Å². The predicted octanol–water partition coefficient (Wildman–Crippen LogP) is 4.41. The summed E-state index contributed by atoms with van der Waals surface area (Å²) in [6.07, 6.45) is 6.30. The number of carbonyl (C=O) groups excluding carboxylic acids is 1. The summed E-state index contributed by atoms with van der Waals surface area (Å²) in [5, 5.41) is 0. The van der Waals surface area contributed by atoms with Crippen molar-refractivity contribution >= 4 is 17.7 Å². The van der Waals surface area contributed by atoms with Crippen LogP contribution in [0, 0.1) is 6.92 Å². The molecular formula is C18H27NOS. The third-order valence-electron chi connectivity index (χ3n) is 4.42. The average Bonchev–Trinajstić information content (AvgIpc) is 2.51. The smallest absolute Gasteiger partial charge is 0.232 e. The van der Waals surface area contributed by atoms with Crippen molar-refractivity contribution < 1.29 is 4.79 Å². The summed E-state index contributed by atoms with van der Waals surface area (Å²) in [6.45, 7) is 5.10. The maximum atomic E-state index is 12.5. The third-order valence-corrected chi connectivity index (χ3v) is 5.39. The number of rotatable bonds is 6. The molecule has 116 valence electrons. The van der Waals surface area contributed by atoms with Gasteiger partial charge in [-0.1, -0.05) is 43.5 Å². The minimum Gasteiger partial charge on any atom is -0.339 e. The number of nitrogens with zero attached hydrogens (tertiary/aromatic N) is 1. The van der Waals surface area contributed by atoms with E-state index in [1.165, 1.54) is 43.2 Å². The Kier molecular flexibility index (Phi) is 6.62. The van der Waals surface area contributed by atoms with Crippen molar-refractivity contribution in [3.05, 3.63) is 35.4 Å². The molecule has 0 saturated heterocycles. The first-order chi connectivity index (χ1) is 10.2. The van der Waals surface area contributed by atoms with Crippen molar-refractivity contribution in [2.45, 2.75) is 57.7 Å². The molecule has 0 aromatic heterocycles. The molecule has 1 fully saturated rings. The molecule has 0 radical (unpaired) electrons. The molecule has 0 spiro atoms. The number of carbonyl (C=O) groups is 1. The highest BCUT2D eigenvalue weighted by atomic mass is 32.2. The van der Waals surface area contributed by atoms with E-state index in [4.69, 9.17) is 0 Å². The first kappa shape index (κ1) is 16.4. The molecule has 1 aromatic carbocycles. The Balaban J connectivity index is 1.81. The summed E-state index contributed by atoms with van der Waals surface area (Å²) >= 11 is 1.75. The van der Waals surface area contributed by atoms with Gasteiger partial charge in [0.25, 0.3) is 0 Å². The number of aryl methyl sites for hydroxylation is 1. The van der Waals surface area contributed by atoms with Crippen molar-refractivity contribution in [3.8, 4) is 0 Å². The van der Waals surface area contributed by atoms with Crippen LogP contribution in [0.4, 0.5) is 0 Å². The van der Waals surface area contributed by atoms with E-state index in [0.717, 1.165) is 12.3 Å². The standard InChI is InChI=1S/C18H27NOS/c1-3-19(17-11-5-4-6-12-17)18(20)14-21-13-16-10-8-7-9-15(16)2/h7-10,17H,3-6,11-14H2,1-2H3. The number of benzene rings is 1. The van der Waals surface area contributed by atoms with E-state index in [2.05, 4.69) is 43.0 Å². The van der Waals surface area contributed by atoms with E-state index in [1.54, 1.807) is 11.8 Å². The second-order valence-corrected chi connectivity index (χ2v) is 6.88. The molecule has 1 saturated carbocycles. The molecule has 0 bridgehead atoms. The number of thioether (sulfide) groups is 1. The van der Waals surface area contributed by atoms with Crippen LogP contribution >= 0.6 is 11.8 Å². The first-order valence-corrected chi connectivity index (χ1v) is 9.29. The monoisotopic (exact) mass is 305 g/mol. The zero-order chi connectivity index (χ0) is 15.1. The van der Waals surface area contributed by atoms with Gasteiger partial charge in [0.05, 0.1) is 5.75 Å². The summed E-state index contributed by atoms with van der Waals surface area (Å²) in [4.78, 5) is 14.6. The molecule has 1 aromatic rings. The van der Waals surface area contributed by atoms with Gasteiger partial charge >= 0.3 is 0 Å². The quantitative estimate of drug-likeness (QED) is 0.776. The SMILES string of the molecule is CCN(C(=O)CSCc1ccccc1C)C1CCCCC1. The highest BCUT2D eigenvalue weighted by Gasteiger charge is 2.23. The molecule has 0 unspecified atom stereocenters. The molecule has 0 aliphatic heterocycles. The van der Waals surface area contributed by atoms with Crippen molar-refractivity contribution in [2.75, 3.05) is 12.3 Å². The van der Waals surface area contributed by atoms with E-state index in [0.29, 0.717) is 17.7 Å². The molecule has 1 amide bonds. The lowest BCUT2D eigenvalue weighted by Crippen LogP contribution is -2.42. The first-order valence-electron chi connectivity index (χ1n) is 8.14. The Bertz CT molecular complexity index is 454. The van der Waals surface area contributed by atoms with Crippen molar-refractivity contribution in [3.63, 3.8) is 0 Å². The lowest BCUT2D eigenvalue weighted by molar-refractivity contribution is -0.131. The maximum absolute atomic E-state index is 12.5. The van der Waals surface area contributed by atoms with Crippen molar-refractivity contribution in [2.24, 2.45) is 0 Å². The fourth-order valence-electron chi connectivity index (χ4n) is 3.13. The van der Waals surface area contributed by atoms with Crippen LogP contribution in [0.1, 0.15) is 50.2 Å². The van der Waals surface area contributed by atoms with E-state index in [1.807, 2.05) is 0 Å². The molecular weight excluding hydrogens is 278 g/mol. The average molecular weight is 305 g/mol. The summed E-state index contributed by atoms with van der Waals surface area (Å²) in [6, 6.07) is 8.93. The molecule has 0 atom stereocenters. The second-order valence-electron chi connectivity index (χ2n) is 5.89. The van der Waals surface area contributed by atoms with Crippen molar-refractivity contribution in [1.29, 1.82) is 0 Å². The summed E-state index contributed by atoms with van der Waals surface area (Å²) in [5.74, 6) is 1.86. The summed E-state index contributed by atoms with van der Waals surface area (Å²) in [5.41, 5.74) is 2.66. The Morgan fingerprint density at radius 2 is 1.95 bits per heavy atom. The highest BCUT2D eigenvalue weighted by molar-refractivity contribution is 7.99. The van der Waals surface area contributed by atoms with Gasteiger partial charge in [-0.15, -0.1) is 11.8 Å². The van der Waals surface area contributed by atoms with Crippen LogP contribution in [0.5, 0.6) is 0 Å². The van der Waals surface area contributed by atoms with E-state index < -0.39 is 0 Å². The molecule has 1 aliphatic rings. The van der Waals surface area contributed by atoms with E-state index in [-0.39, 0.29) is 0 Å². The zero-order valence-corrected chi connectivity index (χ0v) is 14.1. The fraction of sp³-hybridized carbons (Fsp3) is 0.611. The fourth-order valence-corrected chi connectivity index (χ4v) is 4.12. The van der Waals surface area contributed by atoms with Crippen LogP contribution in [0.3, 0.4) is 0 Å². The van der Waals surface area contributed by atoms with Gasteiger partial charge in [0.15, 0.2) is 0 Å². The Morgan fingerprint density at radius 3 is 2.62 bits per heavy atom. The molecule has 2 rings (SSSR count). The van der Waals surface area contributed by atoms with Crippen LogP contribution in [0.25, 0.3) is 0 Å².